The van der Waals surface area contributed by atoms with Crippen molar-refractivity contribution in [2.24, 2.45) is 0 Å². The van der Waals surface area contributed by atoms with Gasteiger partial charge in [-0.25, -0.2) is 0 Å². The molecule has 0 fully saturated rings. The van der Waals surface area contributed by atoms with Crippen LogP contribution in [0.3, 0.4) is 0 Å². The van der Waals surface area contributed by atoms with E-state index in [1.165, 1.54) is 11.1 Å². The molecule has 0 heteroatoms. The van der Waals surface area contributed by atoms with Gasteiger partial charge in [-0.1, -0.05) is 62.6 Å². The number of hydrogen-bond donors (Lipinski definition) is 0. The number of rotatable bonds is 5. The van der Waals surface area contributed by atoms with Crippen LogP contribution in [0.1, 0.15) is 31.4 Å². The van der Waals surface area contributed by atoms with E-state index in [0.29, 0.717) is 0 Å². The largest absolute Gasteiger partial charge is 0.0956 e. The van der Waals surface area contributed by atoms with Gasteiger partial charge in [-0.2, -0.15) is 0 Å². The summed E-state index contributed by atoms with van der Waals surface area (Å²) < 4.78 is 0. The fourth-order valence-corrected chi connectivity index (χ4v) is 1.81. The Labute approximate surface area is 111 Å². The van der Waals surface area contributed by atoms with Gasteiger partial charge in [0, 0.05) is 0 Å². The van der Waals surface area contributed by atoms with Gasteiger partial charge in [-0.3, -0.25) is 0 Å². The molecule has 0 aliphatic rings. The molecule has 1 aromatic carbocycles. The summed E-state index contributed by atoms with van der Waals surface area (Å²) in [5, 5.41) is 0. The highest BCUT2D eigenvalue weighted by Crippen LogP contribution is 2.25. The van der Waals surface area contributed by atoms with Gasteiger partial charge >= 0.3 is 0 Å². The van der Waals surface area contributed by atoms with E-state index in [1.54, 1.807) is 0 Å². The van der Waals surface area contributed by atoms with Crippen LogP contribution in [0, 0.1) is 6.92 Å². The first-order valence-corrected chi connectivity index (χ1v) is 6.28. The standard InChI is InChI=1S/C18H22/c1-7-13(2)15(4)12-16(5)17(6)18-11-9-8-10-14(18)3/h8-12H,2,5-7H2,1,3-4H3. The van der Waals surface area contributed by atoms with Gasteiger partial charge in [0.05, 0.1) is 0 Å². The minimum atomic E-state index is 0.955. The van der Waals surface area contributed by atoms with Gasteiger partial charge in [0.2, 0.25) is 0 Å². The Morgan fingerprint density at radius 2 is 1.78 bits per heavy atom. The molecule has 0 radical (unpaired) electrons. The Kier molecular flexibility index (Phi) is 4.91. The van der Waals surface area contributed by atoms with Crippen LogP contribution in [-0.4, -0.2) is 0 Å². The molecule has 0 aliphatic carbocycles. The van der Waals surface area contributed by atoms with Crippen molar-refractivity contribution in [2.45, 2.75) is 27.2 Å². The topological polar surface area (TPSA) is 0 Å². The van der Waals surface area contributed by atoms with Crippen molar-refractivity contribution in [1.29, 1.82) is 0 Å². The molecular formula is C18H22. The average Bonchev–Trinajstić information content (AvgIpc) is 2.37. The number of hydrogen-bond acceptors (Lipinski definition) is 0. The molecule has 0 aliphatic heterocycles. The summed E-state index contributed by atoms with van der Waals surface area (Å²) in [7, 11) is 0. The summed E-state index contributed by atoms with van der Waals surface area (Å²) in [4.78, 5) is 0. The molecule has 0 N–H and O–H groups in total. The summed E-state index contributed by atoms with van der Waals surface area (Å²) in [6, 6.07) is 8.24. The van der Waals surface area contributed by atoms with E-state index in [9.17, 15) is 0 Å². The van der Waals surface area contributed by atoms with Gasteiger partial charge < -0.3 is 0 Å². The third kappa shape index (κ3) is 3.33. The fraction of sp³-hybridized carbons (Fsp3) is 0.222. The van der Waals surface area contributed by atoms with Gasteiger partial charge in [0.15, 0.2) is 0 Å². The Bertz CT molecular complexity index is 513. The van der Waals surface area contributed by atoms with E-state index in [-0.39, 0.29) is 0 Å². The molecule has 0 amide bonds. The van der Waals surface area contributed by atoms with Crippen molar-refractivity contribution in [3.8, 4) is 0 Å². The summed E-state index contributed by atoms with van der Waals surface area (Å²) >= 11 is 0. The van der Waals surface area contributed by atoms with Crippen LogP contribution in [0.2, 0.25) is 0 Å². The molecule has 0 atom stereocenters. The van der Waals surface area contributed by atoms with Crippen molar-refractivity contribution >= 4 is 5.57 Å². The van der Waals surface area contributed by atoms with E-state index in [2.05, 4.69) is 58.7 Å². The van der Waals surface area contributed by atoms with Gasteiger partial charge in [0.25, 0.3) is 0 Å². The molecule has 94 valence electrons. The minimum absolute atomic E-state index is 0.955. The highest BCUT2D eigenvalue weighted by Gasteiger charge is 2.05. The second-order valence-electron chi connectivity index (χ2n) is 4.60. The lowest BCUT2D eigenvalue weighted by Gasteiger charge is -2.11. The first-order valence-electron chi connectivity index (χ1n) is 6.28. The van der Waals surface area contributed by atoms with Crippen molar-refractivity contribution in [1.82, 2.24) is 0 Å². The predicted molar refractivity (Wildman–Crippen MR) is 82.5 cm³/mol. The maximum Gasteiger partial charge on any atom is -0.0155 e. The highest BCUT2D eigenvalue weighted by molar-refractivity contribution is 5.81. The molecule has 0 aromatic heterocycles. The smallest absolute Gasteiger partial charge is 0.0155 e. The third-order valence-corrected chi connectivity index (χ3v) is 3.23. The maximum absolute atomic E-state index is 4.15. The zero-order valence-electron chi connectivity index (χ0n) is 11.7. The van der Waals surface area contributed by atoms with E-state index in [4.69, 9.17) is 0 Å². The maximum atomic E-state index is 4.15. The van der Waals surface area contributed by atoms with Crippen molar-refractivity contribution in [2.75, 3.05) is 0 Å². The predicted octanol–water partition coefficient (Wildman–Crippen LogP) is 5.48. The van der Waals surface area contributed by atoms with Gasteiger partial charge in [0.1, 0.15) is 0 Å². The lowest BCUT2D eigenvalue weighted by molar-refractivity contribution is 1.11. The monoisotopic (exact) mass is 238 g/mol. The van der Waals surface area contributed by atoms with Gasteiger partial charge in [-0.15, -0.1) is 0 Å². The van der Waals surface area contributed by atoms with Crippen LogP contribution in [0.25, 0.3) is 5.57 Å². The third-order valence-electron chi connectivity index (χ3n) is 3.23. The quantitative estimate of drug-likeness (QED) is 0.596. The Morgan fingerprint density at radius 1 is 1.17 bits per heavy atom. The summed E-state index contributed by atoms with van der Waals surface area (Å²) in [5.74, 6) is 0. The summed E-state index contributed by atoms with van der Waals surface area (Å²) in [5.41, 5.74) is 6.65. The first-order chi connectivity index (χ1) is 8.47. The average molecular weight is 238 g/mol. The number of allylic oxidation sites excluding steroid dienone is 5. The number of aryl methyl sites for hydroxylation is 1. The Morgan fingerprint density at radius 3 is 2.33 bits per heavy atom. The molecule has 1 aromatic rings. The number of benzene rings is 1. The highest BCUT2D eigenvalue weighted by atomic mass is 14.1. The van der Waals surface area contributed by atoms with Crippen molar-refractivity contribution < 1.29 is 0 Å². The second-order valence-corrected chi connectivity index (χ2v) is 4.60. The molecule has 0 spiro atoms. The van der Waals surface area contributed by atoms with Gasteiger partial charge in [-0.05, 0) is 48.1 Å². The van der Waals surface area contributed by atoms with Crippen molar-refractivity contribution in [3.05, 3.63) is 77.9 Å². The zero-order valence-corrected chi connectivity index (χ0v) is 11.7. The molecule has 0 bridgehead atoms. The van der Waals surface area contributed by atoms with E-state index in [0.717, 1.165) is 28.7 Å². The van der Waals surface area contributed by atoms with Crippen LogP contribution in [0.4, 0.5) is 0 Å². The van der Waals surface area contributed by atoms with Crippen LogP contribution in [-0.2, 0) is 0 Å². The molecule has 0 unspecified atom stereocenters. The lowest BCUT2D eigenvalue weighted by Crippen LogP contribution is -1.90. The summed E-state index contributed by atoms with van der Waals surface area (Å²) in [6.45, 7) is 18.6. The van der Waals surface area contributed by atoms with E-state index in [1.807, 2.05) is 12.1 Å². The van der Waals surface area contributed by atoms with Crippen LogP contribution < -0.4 is 0 Å². The zero-order chi connectivity index (χ0) is 13.7. The van der Waals surface area contributed by atoms with Crippen LogP contribution in [0.15, 0.2) is 66.8 Å². The molecule has 0 heterocycles. The minimum Gasteiger partial charge on any atom is -0.0956 e. The first kappa shape index (κ1) is 14.2. The lowest BCUT2D eigenvalue weighted by atomic mass is 9.94. The Hall–Kier alpha value is -1.82. The van der Waals surface area contributed by atoms with Crippen LogP contribution >= 0.6 is 0 Å². The SMILES string of the molecule is C=C(C=C(C)C(=C)CC)C(=C)c1ccccc1C. The second kappa shape index (κ2) is 6.20. The molecule has 0 saturated carbocycles. The normalized spacial score (nSPS) is 11.2. The molecule has 0 saturated heterocycles. The molecule has 0 nitrogen and oxygen atoms in total. The van der Waals surface area contributed by atoms with E-state index >= 15 is 0 Å². The van der Waals surface area contributed by atoms with E-state index < -0.39 is 0 Å². The fourth-order valence-electron chi connectivity index (χ4n) is 1.81. The molecule has 1 rings (SSSR count). The van der Waals surface area contributed by atoms with Crippen molar-refractivity contribution in [3.63, 3.8) is 0 Å². The molecular weight excluding hydrogens is 216 g/mol. The van der Waals surface area contributed by atoms with Crippen LogP contribution in [0.5, 0.6) is 0 Å². The molecule has 18 heavy (non-hydrogen) atoms. The summed E-state index contributed by atoms with van der Waals surface area (Å²) in [6.07, 6.45) is 3.03. The Balaban J connectivity index is 2.96.